The SMILES string of the molecule is O=S(=O)(NCc1cccc(CO)c1)c1ccc(Cl)c(Cl)c1. The lowest BCUT2D eigenvalue weighted by atomic mass is 10.1. The fraction of sp³-hybridized carbons (Fsp3) is 0.143. The summed E-state index contributed by atoms with van der Waals surface area (Å²) in [6.45, 7) is 0.0315. The number of benzene rings is 2. The molecule has 0 amide bonds. The topological polar surface area (TPSA) is 66.4 Å². The normalized spacial score (nSPS) is 11.6. The molecule has 2 aromatic rings. The van der Waals surface area contributed by atoms with Gasteiger partial charge in [0.1, 0.15) is 0 Å². The Balaban J connectivity index is 2.15. The van der Waals surface area contributed by atoms with Crippen molar-refractivity contribution in [2.75, 3.05) is 0 Å². The van der Waals surface area contributed by atoms with Gasteiger partial charge < -0.3 is 5.11 Å². The first kappa shape index (κ1) is 16.3. The minimum absolute atomic E-state index is 0.0511. The number of sulfonamides is 1. The highest BCUT2D eigenvalue weighted by atomic mass is 35.5. The fourth-order valence-corrected chi connectivity index (χ4v) is 3.15. The molecule has 0 fully saturated rings. The van der Waals surface area contributed by atoms with Gasteiger partial charge in [0.2, 0.25) is 10.0 Å². The van der Waals surface area contributed by atoms with Gasteiger partial charge in [0, 0.05) is 6.54 Å². The van der Waals surface area contributed by atoms with E-state index in [4.69, 9.17) is 28.3 Å². The second kappa shape index (κ2) is 6.77. The zero-order valence-electron chi connectivity index (χ0n) is 10.9. The molecule has 2 N–H and O–H groups in total. The highest BCUT2D eigenvalue weighted by molar-refractivity contribution is 7.89. The first-order valence-corrected chi connectivity index (χ1v) is 8.29. The lowest BCUT2D eigenvalue weighted by Crippen LogP contribution is -2.23. The predicted molar refractivity (Wildman–Crippen MR) is 82.9 cm³/mol. The molecule has 2 aromatic carbocycles. The van der Waals surface area contributed by atoms with Gasteiger partial charge in [-0.1, -0.05) is 47.5 Å². The van der Waals surface area contributed by atoms with Crippen LogP contribution in [0.1, 0.15) is 11.1 Å². The molecule has 2 rings (SSSR count). The van der Waals surface area contributed by atoms with Gasteiger partial charge in [-0.3, -0.25) is 0 Å². The zero-order chi connectivity index (χ0) is 15.5. The first-order valence-electron chi connectivity index (χ1n) is 6.06. The molecule has 0 saturated heterocycles. The predicted octanol–water partition coefficient (Wildman–Crippen LogP) is 2.96. The van der Waals surface area contributed by atoms with E-state index < -0.39 is 10.0 Å². The van der Waals surface area contributed by atoms with Crippen LogP contribution < -0.4 is 4.72 Å². The molecule has 0 aliphatic rings. The quantitative estimate of drug-likeness (QED) is 0.875. The monoisotopic (exact) mass is 345 g/mol. The van der Waals surface area contributed by atoms with Crippen LogP contribution in [0.25, 0.3) is 0 Å². The highest BCUT2D eigenvalue weighted by Crippen LogP contribution is 2.24. The lowest BCUT2D eigenvalue weighted by Gasteiger charge is -2.08. The number of hydrogen-bond acceptors (Lipinski definition) is 3. The van der Waals surface area contributed by atoms with Crippen molar-refractivity contribution in [2.45, 2.75) is 18.0 Å². The molecule has 7 heteroatoms. The lowest BCUT2D eigenvalue weighted by molar-refractivity contribution is 0.281. The second-order valence-corrected chi connectivity index (χ2v) is 6.96. The summed E-state index contributed by atoms with van der Waals surface area (Å²) in [5.41, 5.74) is 1.48. The van der Waals surface area contributed by atoms with Crippen molar-refractivity contribution in [3.63, 3.8) is 0 Å². The van der Waals surface area contributed by atoms with Gasteiger partial charge in [-0.2, -0.15) is 0 Å². The Morgan fingerprint density at radius 1 is 1.00 bits per heavy atom. The van der Waals surface area contributed by atoms with Gasteiger partial charge in [-0.25, -0.2) is 13.1 Å². The molecular weight excluding hydrogens is 333 g/mol. The number of aliphatic hydroxyl groups is 1. The highest BCUT2D eigenvalue weighted by Gasteiger charge is 2.15. The number of aliphatic hydroxyl groups excluding tert-OH is 1. The van der Waals surface area contributed by atoms with Gasteiger partial charge in [0.25, 0.3) is 0 Å². The van der Waals surface area contributed by atoms with Crippen LogP contribution in [0.2, 0.25) is 10.0 Å². The zero-order valence-corrected chi connectivity index (χ0v) is 13.2. The summed E-state index contributed by atoms with van der Waals surface area (Å²) in [6, 6.07) is 11.2. The van der Waals surface area contributed by atoms with Crippen molar-refractivity contribution < 1.29 is 13.5 Å². The molecule has 0 atom stereocenters. The number of nitrogens with one attached hydrogen (secondary N) is 1. The van der Waals surface area contributed by atoms with Crippen molar-refractivity contribution in [3.8, 4) is 0 Å². The molecule has 4 nitrogen and oxygen atoms in total. The van der Waals surface area contributed by atoms with Crippen molar-refractivity contribution in [3.05, 3.63) is 63.6 Å². The number of halogens is 2. The summed E-state index contributed by atoms with van der Waals surface area (Å²) in [7, 11) is -3.67. The number of hydrogen-bond donors (Lipinski definition) is 2. The van der Waals surface area contributed by atoms with E-state index in [1.54, 1.807) is 24.3 Å². The molecule has 0 radical (unpaired) electrons. The Bertz CT molecular complexity index is 748. The minimum atomic E-state index is -3.67. The van der Waals surface area contributed by atoms with Gasteiger partial charge >= 0.3 is 0 Å². The third-order valence-electron chi connectivity index (χ3n) is 2.84. The summed E-state index contributed by atoms with van der Waals surface area (Å²) in [5.74, 6) is 0. The molecule has 0 aromatic heterocycles. The van der Waals surface area contributed by atoms with Gasteiger partial charge in [-0.05, 0) is 29.3 Å². The summed E-state index contributed by atoms with van der Waals surface area (Å²) in [6.07, 6.45) is 0. The Kier molecular flexibility index (Phi) is 5.24. The molecule has 0 aliphatic heterocycles. The average Bonchev–Trinajstić information content (AvgIpc) is 2.48. The summed E-state index contributed by atoms with van der Waals surface area (Å²) in [4.78, 5) is 0.0511. The van der Waals surface area contributed by atoms with Crippen molar-refractivity contribution in [1.82, 2.24) is 4.72 Å². The van der Waals surface area contributed by atoms with E-state index in [9.17, 15) is 8.42 Å². The van der Waals surface area contributed by atoms with E-state index >= 15 is 0 Å². The fourth-order valence-electron chi connectivity index (χ4n) is 1.74. The van der Waals surface area contributed by atoms with E-state index in [1.165, 1.54) is 18.2 Å². The molecule has 0 aliphatic carbocycles. The molecule has 0 saturated carbocycles. The van der Waals surface area contributed by atoms with E-state index in [1.807, 2.05) is 0 Å². The van der Waals surface area contributed by atoms with E-state index in [-0.39, 0.29) is 23.1 Å². The molecule has 112 valence electrons. The van der Waals surface area contributed by atoms with Crippen LogP contribution in [-0.4, -0.2) is 13.5 Å². The van der Waals surface area contributed by atoms with Crippen LogP contribution in [-0.2, 0) is 23.2 Å². The van der Waals surface area contributed by atoms with E-state index in [0.717, 1.165) is 11.1 Å². The average molecular weight is 346 g/mol. The van der Waals surface area contributed by atoms with E-state index in [0.29, 0.717) is 5.02 Å². The second-order valence-electron chi connectivity index (χ2n) is 4.38. The van der Waals surface area contributed by atoms with Crippen molar-refractivity contribution >= 4 is 33.2 Å². The first-order chi connectivity index (χ1) is 9.92. The Morgan fingerprint density at radius 2 is 1.71 bits per heavy atom. The van der Waals surface area contributed by atoms with Gasteiger partial charge in [0.05, 0.1) is 21.5 Å². The number of rotatable bonds is 5. The summed E-state index contributed by atoms with van der Waals surface area (Å²) in [5, 5.41) is 9.54. The molecule has 21 heavy (non-hydrogen) atoms. The molecule has 0 unspecified atom stereocenters. The maximum absolute atomic E-state index is 12.2. The Hall–Kier alpha value is -1.11. The van der Waals surface area contributed by atoms with Crippen molar-refractivity contribution in [1.29, 1.82) is 0 Å². The molecule has 0 bridgehead atoms. The van der Waals surface area contributed by atoms with E-state index in [2.05, 4.69) is 4.72 Å². The van der Waals surface area contributed by atoms with Crippen LogP contribution in [0.5, 0.6) is 0 Å². The molecule has 0 spiro atoms. The largest absolute Gasteiger partial charge is 0.392 e. The maximum atomic E-state index is 12.2. The van der Waals surface area contributed by atoms with Crippen LogP contribution in [0, 0.1) is 0 Å². The van der Waals surface area contributed by atoms with Crippen LogP contribution >= 0.6 is 23.2 Å². The molecular formula is C14H13Cl2NO3S. The Labute approximate surface area is 133 Å². The van der Waals surface area contributed by atoms with Gasteiger partial charge in [0.15, 0.2) is 0 Å². The van der Waals surface area contributed by atoms with Gasteiger partial charge in [-0.15, -0.1) is 0 Å². The standard InChI is InChI=1S/C14H13Cl2NO3S/c15-13-5-4-12(7-14(13)16)21(19,20)17-8-10-2-1-3-11(6-10)9-18/h1-7,17-18H,8-9H2. The smallest absolute Gasteiger partial charge is 0.240 e. The minimum Gasteiger partial charge on any atom is -0.392 e. The van der Waals surface area contributed by atoms with Crippen LogP contribution in [0.4, 0.5) is 0 Å². The third kappa shape index (κ3) is 4.18. The van der Waals surface area contributed by atoms with Crippen LogP contribution in [0.3, 0.4) is 0 Å². The Morgan fingerprint density at radius 3 is 2.38 bits per heavy atom. The third-order valence-corrected chi connectivity index (χ3v) is 4.98. The maximum Gasteiger partial charge on any atom is 0.240 e. The summed E-state index contributed by atoms with van der Waals surface area (Å²) < 4.78 is 26.8. The summed E-state index contributed by atoms with van der Waals surface area (Å²) >= 11 is 11.6. The van der Waals surface area contributed by atoms with Crippen molar-refractivity contribution in [2.24, 2.45) is 0 Å². The van der Waals surface area contributed by atoms with Crippen LogP contribution in [0.15, 0.2) is 47.4 Å². The molecule has 0 heterocycles.